The smallest absolute Gasteiger partial charge is 0.321 e. The Balaban J connectivity index is 0.000000176. The number of likely N-dealkylation sites (tertiary alicyclic amines) is 4. The van der Waals surface area contributed by atoms with Crippen LogP contribution in [0.3, 0.4) is 0 Å². The molecule has 71 heavy (non-hydrogen) atoms. The second-order valence-electron chi connectivity index (χ2n) is 19.6. The van der Waals surface area contributed by atoms with E-state index in [0.717, 1.165) is 94.4 Å². The molecule has 3 amide bonds. The first-order chi connectivity index (χ1) is 34.4. The van der Waals surface area contributed by atoms with E-state index < -0.39 is 0 Å². The number of aromatic amines is 2. The molecule has 4 saturated heterocycles. The third-order valence-corrected chi connectivity index (χ3v) is 16.7. The summed E-state index contributed by atoms with van der Waals surface area (Å²) >= 11 is 24.0. The highest BCUT2D eigenvalue weighted by Gasteiger charge is 2.32. The summed E-state index contributed by atoms with van der Waals surface area (Å²) in [6, 6.07) is 18.5. The quantitative estimate of drug-likeness (QED) is 0.0803. The van der Waals surface area contributed by atoms with E-state index in [1.54, 1.807) is 47.4 Å². The van der Waals surface area contributed by atoms with Crippen molar-refractivity contribution in [1.29, 1.82) is 0 Å². The Morgan fingerprint density at radius 3 is 1.59 bits per heavy atom. The van der Waals surface area contributed by atoms with Crippen LogP contribution >= 0.6 is 46.4 Å². The molecule has 0 spiro atoms. The summed E-state index contributed by atoms with van der Waals surface area (Å²) in [4.78, 5) is 49.1. The molecule has 17 heteroatoms. The molecule has 0 radical (unpaired) electrons. The van der Waals surface area contributed by atoms with Crippen LogP contribution in [0.5, 0.6) is 0 Å². The van der Waals surface area contributed by atoms with Gasteiger partial charge in [0.25, 0.3) is 0 Å². The van der Waals surface area contributed by atoms with Crippen LogP contribution in [0.2, 0.25) is 20.1 Å². The van der Waals surface area contributed by atoms with E-state index in [0.29, 0.717) is 76.9 Å². The number of H-pyrrole nitrogens is 2. The van der Waals surface area contributed by atoms with Gasteiger partial charge in [-0.3, -0.25) is 4.79 Å². The minimum atomic E-state index is -0.371. The number of nitrogens with zero attached hydrogens (tertiary/aromatic N) is 6. The first kappa shape index (κ1) is 51.2. The van der Waals surface area contributed by atoms with E-state index in [9.17, 15) is 19.8 Å². The van der Waals surface area contributed by atoms with Gasteiger partial charge in [0.1, 0.15) is 11.3 Å². The van der Waals surface area contributed by atoms with Crippen molar-refractivity contribution in [3.8, 4) is 0 Å². The van der Waals surface area contributed by atoms with E-state index in [1.807, 2.05) is 35.5 Å². The zero-order valence-corrected chi connectivity index (χ0v) is 42.9. The van der Waals surface area contributed by atoms with Gasteiger partial charge in [0.15, 0.2) is 0 Å². The van der Waals surface area contributed by atoms with Gasteiger partial charge < -0.3 is 45.1 Å². The average molecular weight is 1040 g/mol. The number of fused-ring (bicyclic) bond motifs is 2. The van der Waals surface area contributed by atoms with E-state index in [2.05, 4.69) is 59.6 Å². The number of urea groups is 1. The van der Waals surface area contributed by atoms with Crippen molar-refractivity contribution in [3.05, 3.63) is 128 Å². The lowest BCUT2D eigenvalue weighted by atomic mass is 9.88. The van der Waals surface area contributed by atoms with Gasteiger partial charge in [0, 0.05) is 86.6 Å². The molecule has 4 aromatic heterocycles. The van der Waals surface area contributed by atoms with Crippen LogP contribution in [0.1, 0.15) is 79.9 Å². The first-order valence-corrected chi connectivity index (χ1v) is 26.5. The Hall–Kier alpha value is -4.70. The number of carbonyl (C=O) groups is 2. The van der Waals surface area contributed by atoms with Crippen molar-refractivity contribution < 1.29 is 19.8 Å². The number of amides is 3. The minimum Gasteiger partial charge on any atom is -0.392 e. The van der Waals surface area contributed by atoms with Gasteiger partial charge in [-0.25, -0.2) is 14.8 Å². The molecular formula is C54H63Cl4N9O4. The molecule has 0 aliphatic carbocycles. The lowest BCUT2D eigenvalue weighted by Crippen LogP contribution is -2.46. The molecule has 0 bridgehead atoms. The molecule has 0 saturated carbocycles. The number of anilines is 1. The summed E-state index contributed by atoms with van der Waals surface area (Å²) in [5.41, 5.74) is 6.10. The number of carbonyl (C=O) groups excluding carboxylic acids is 2. The Kier molecular flexibility index (Phi) is 17.2. The van der Waals surface area contributed by atoms with E-state index in [4.69, 9.17) is 46.4 Å². The van der Waals surface area contributed by atoms with Crippen molar-refractivity contribution in [1.82, 2.24) is 39.5 Å². The number of hydrogen-bond donors (Lipinski definition) is 5. The zero-order valence-electron chi connectivity index (χ0n) is 39.8. The monoisotopic (exact) mass is 1040 g/mol. The zero-order chi connectivity index (χ0) is 49.4. The van der Waals surface area contributed by atoms with Crippen molar-refractivity contribution in [2.75, 3.05) is 70.8 Å². The number of halogens is 4. The van der Waals surface area contributed by atoms with Crippen LogP contribution in [0.4, 0.5) is 10.5 Å². The van der Waals surface area contributed by atoms with E-state index in [1.165, 1.54) is 21.9 Å². The SMILES string of the molecule is O=C(/C=C/c1ccc(Cl)c(Cl)c1)N1CCC(C(O)CN2CCC(c3c[nH]c4ncccc34)CC2)CC1.O=C(Nc1ccc(Cl)c(Cl)c1)N1CCC(C(O)CN2CCC(c3c[nH]c4ncccc34)CC2)CC1. The fraction of sp³-hybridized carbons (Fsp3) is 0.444. The maximum Gasteiger partial charge on any atom is 0.321 e. The lowest BCUT2D eigenvalue weighted by Gasteiger charge is -2.38. The maximum atomic E-state index is 12.6. The number of rotatable bonds is 11. The minimum absolute atomic E-state index is 0.0106. The third-order valence-electron chi connectivity index (χ3n) is 15.2. The highest BCUT2D eigenvalue weighted by atomic mass is 35.5. The number of β-amino-alcohol motifs (C(OH)–C–C–N with tert-alkyl or cyclic N) is 2. The van der Waals surface area contributed by atoms with Crippen molar-refractivity contribution in [2.24, 2.45) is 11.8 Å². The highest BCUT2D eigenvalue weighted by Crippen LogP contribution is 2.35. The van der Waals surface area contributed by atoms with Crippen LogP contribution in [-0.2, 0) is 4.79 Å². The van der Waals surface area contributed by atoms with Gasteiger partial charge in [-0.05, 0) is 179 Å². The first-order valence-electron chi connectivity index (χ1n) is 25.0. The van der Waals surface area contributed by atoms with Gasteiger partial charge in [0.2, 0.25) is 5.91 Å². The Morgan fingerprint density at radius 1 is 0.620 bits per heavy atom. The normalized spacial score (nSPS) is 19.3. The molecule has 10 rings (SSSR count). The van der Waals surface area contributed by atoms with Crippen molar-refractivity contribution >= 4 is 92.2 Å². The number of piperidine rings is 4. The van der Waals surface area contributed by atoms with Gasteiger partial charge in [0.05, 0.1) is 32.3 Å². The highest BCUT2D eigenvalue weighted by molar-refractivity contribution is 6.42. The van der Waals surface area contributed by atoms with E-state index >= 15 is 0 Å². The topological polar surface area (TPSA) is 157 Å². The fourth-order valence-electron chi connectivity index (χ4n) is 11.0. The number of aromatic nitrogens is 4. The van der Waals surface area contributed by atoms with Gasteiger partial charge in [-0.1, -0.05) is 52.5 Å². The summed E-state index contributed by atoms with van der Waals surface area (Å²) in [6.07, 6.45) is 18.1. The summed E-state index contributed by atoms with van der Waals surface area (Å²) < 4.78 is 0. The number of hydrogen-bond acceptors (Lipinski definition) is 8. The summed E-state index contributed by atoms with van der Waals surface area (Å²) in [6.45, 7) is 7.96. The average Bonchev–Trinajstić information content (AvgIpc) is 4.04. The number of aliphatic hydroxyl groups excluding tert-OH is 2. The number of aliphatic hydroxyl groups is 2. The van der Waals surface area contributed by atoms with Crippen LogP contribution in [0, 0.1) is 11.8 Å². The van der Waals surface area contributed by atoms with Crippen LogP contribution < -0.4 is 5.32 Å². The van der Waals surface area contributed by atoms with E-state index in [-0.39, 0.29) is 36.0 Å². The predicted octanol–water partition coefficient (Wildman–Crippen LogP) is 10.7. The van der Waals surface area contributed by atoms with Crippen LogP contribution in [-0.4, -0.2) is 139 Å². The molecule has 2 unspecified atom stereocenters. The summed E-state index contributed by atoms with van der Waals surface area (Å²) in [5, 5.41) is 29.1. The van der Waals surface area contributed by atoms with Gasteiger partial charge >= 0.3 is 6.03 Å². The number of nitrogens with one attached hydrogen (secondary N) is 3. The summed E-state index contributed by atoms with van der Waals surface area (Å²) in [7, 11) is 0. The Morgan fingerprint density at radius 2 is 1.10 bits per heavy atom. The molecule has 13 nitrogen and oxygen atoms in total. The molecule has 6 aromatic rings. The van der Waals surface area contributed by atoms with Crippen LogP contribution in [0.15, 0.2) is 91.5 Å². The maximum absolute atomic E-state index is 12.6. The van der Waals surface area contributed by atoms with Gasteiger partial charge in [-0.2, -0.15) is 0 Å². The second kappa shape index (κ2) is 23.9. The molecule has 4 fully saturated rings. The Bertz CT molecular complexity index is 2770. The fourth-order valence-corrected chi connectivity index (χ4v) is 11.6. The molecule has 8 heterocycles. The molecular weight excluding hydrogens is 980 g/mol. The van der Waals surface area contributed by atoms with Crippen molar-refractivity contribution in [2.45, 2.75) is 75.4 Å². The lowest BCUT2D eigenvalue weighted by molar-refractivity contribution is -0.128. The van der Waals surface area contributed by atoms with Crippen molar-refractivity contribution in [3.63, 3.8) is 0 Å². The molecule has 4 aliphatic heterocycles. The summed E-state index contributed by atoms with van der Waals surface area (Å²) in [5.74, 6) is 1.48. The molecule has 5 N–H and O–H groups in total. The molecule has 2 atom stereocenters. The van der Waals surface area contributed by atoms with Crippen LogP contribution in [0.25, 0.3) is 28.1 Å². The van der Waals surface area contributed by atoms with Gasteiger partial charge in [-0.15, -0.1) is 0 Å². The number of benzene rings is 2. The molecule has 376 valence electrons. The largest absolute Gasteiger partial charge is 0.392 e. The standard InChI is InChI=1S/C28H32Cl2N4O2.C26H31Cl2N5O2/c29-24-5-3-19(16-25(24)30)4-6-27(36)34-14-9-21(10-15-34)26(35)18-33-12-7-20(8-13-33)23-17-32-28-22(23)2-1-11-31-28;27-22-4-3-19(14-23(22)28)31-26(35)33-12-7-18(8-13-33)24(34)16-32-10-5-17(6-11-32)21-15-30-25-20(21)2-1-9-29-25/h1-6,11,16-17,20-21,26,35H,7-10,12-15,18H2,(H,31,32);1-4,9,14-15,17-18,24,34H,5-8,10-13,16H2,(H,29,30)(H,31,35)/b6-4+;. The third kappa shape index (κ3) is 12.9. The molecule has 4 aliphatic rings. The predicted molar refractivity (Wildman–Crippen MR) is 286 cm³/mol. The second-order valence-corrected chi connectivity index (χ2v) is 21.3. The molecule has 2 aromatic carbocycles. The number of pyridine rings is 2. The Labute approximate surface area is 435 Å².